The number of hydrogen-bond acceptors (Lipinski definition) is 2. The second kappa shape index (κ2) is 7.10. The van der Waals surface area contributed by atoms with E-state index in [0.29, 0.717) is 12.5 Å². The highest BCUT2D eigenvalue weighted by Crippen LogP contribution is 2.20. The summed E-state index contributed by atoms with van der Waals surface area (Å²) in [4.78, 5) is 4.46. The molecule has 3 nitrogen and oxygen atoms in total. The van der Waals surface area contributed by atoms with E-state index in [-0.39, 0.29) is 0 Å². The molecule has 0 spiro atoms. The standard InChI is InChI=1S/C16H23N3/c1-2-11-19-12-10-18-16(19)9-8-15(13-17)14-6-4-3-5-7-14/h3-7,10,12,15H,2,8-9,11,13,17H2,1H3. The van der Waals surface area contributed by atoms with Crippen LogP contribution in [0.1, 0.15) is 37.1 Å². The maximum absolute atomic E-state index is 5.91. The van der Waals surface area contributed by atoms with Crippen LogP contribution in [0.5, 0.6) is 0 Å². The van der Waals surface area contributed by atoms with Crippen LogP contribution in [0.15, 0.2) is 42.7 Å². The van der Waals surface area contributed by atoms with Crippen molar-refractivity contribution in [1.29, 1.82) is 0 Å². The third kappa shape index (κ3) is 3.67. The molecule has 0 fully saturated rings. The molecule has 0 aliphatic heterocycles. The molecule has 0 aliphatic rings. The SMILES string of the molecule is CCCn1ccnc1CCC(CN)c1ccccc1. The average molecular weight is 257 g/mol. The Labute approximate surface area is 115 Å². The fraction of sp³-hybridized carbons (Fsp3) is 0.438. The van der Waals surface area contributed by atoms with E-state index in [1.165, 1.54) is 11.4 Å². The second-order valence-corrected chi connectivity index (χ2v) is 4.92. The van der Waals surface area contributed by atoms with Crippen LogP contribution in [0, 0.1) is 0 Å². The summed E-state index contributed by atoms with van der Waals surface area (Å²) in [6.45, 7) is 3.93. The van der Waals surface area contributed by atoms with Gasteiger partial charge in [-0.2, -0.15) is 0 Å². The normalized spacial score (nSPS) is 12.5. The predicted octanol–water partition coefficient (Wildman–Crippen LogP) is 2.97. The lowest BCUT2D eigenvalue weighted by Crippen LogP contribution is -2.14. The molecule has 3 heteroatoms. The molecule has 2 rings (SSSR count). The molecule has 19 heavy (non-hydrogen) atoms. The molecule has 0 saturated carbocycles. The van der Waals surface area contributed by atoms with Crippen LogP contribution >= 0.6 is 0 Å². The van der Waals surface area contributed by atoms with Gasteiger partial charge in [-0.3, -0.25) is 0 Å². The quantitative estimate of drug-likeness (QED) is 0.828. The minimum atomic E-state index is 0.424. The van der Waals surface area contributed by atoms with Gasteiger partial charge in [-0.15, -0.1) is 0 Å². The van der Waals surface area contributed by atoms with Gasteiger partial charge in [0.1, 0.15) is 5.82 Å². The lowest BCUT2D eigenvalue weighted by molar-refractivity contribution is 0.579. The van der Waals surface area contributed by atoms with E-state index in [9.17, 15) is 0 Å². The zero-order valence-corrected chi connectivity index (χ0v) is 11.6. The first kappa shape index (κ1) is 13.8. The highest BCUT2D eigenvalue weighted by molar-refractivity contribution is 5.20. The summed E-state index contributed by atoms with van der Waals surface area (Å²) in [6, 6.07) is 10.5. The van der Waals surface area contributed by atoms with Crippen LogP contribution in [0.25, 0.3) is 0 Å². The Kier molecular flexibility index (Phi) is 5.16. The van der Waals surface area contributed by atoms with Crippen molar-refractivity contribution in [3.63, 3.8) is 0 Å². The highest BCUT2D eigenvalue weighted by Gasteiger charge is 2.11. The van der Waals surface area contributed by atoms with Crippen LogP contribution in [0.2, 0.25) is 0 Å². The minimum Gasteiger partial charge on any atom is -0.335 e. The zero-order chi connectivity index (χ0) is 13.5. The molecule has 1 aromatic carbocycles. The van der Waals surface area contributed by atoms with Crippen molar-refractivity contribution in [1.82, 2.24) is 9.55 Å². The summed E-state index contributed by atoms with van der Waals surface area (Å²) < 4.78 is 2.25. The zero-order valence-electron chi connectivity index (χ0n) is 11.6. The van der Waals surface area contributed by atoms with E-state index in [1.807, 2.05) is 12.3 Å². The van der Waals surface area contributed by atoms with E-state index in [0.717, 1.165) is 25.8 Å². The Bertz CT molecular complexity index is 476. The lowest BCUT2D eigenvalue weighted by Gasteiger charge is -2.15. The van der Waals surface area contributed by atoms with Crippen molar-refractivity contribution >= 4 is 0 Å². The average Bonchev–Trinajstić information content (AvgIpc) is 2.89. The maximum Gasteiger partial charge on any atom is 0.108 e. The fourth-order valence-corrected chi connectivity index (χ4v) is 2.46. The Balaban J connectivity index is 1.98. The summed E-state index contributed by atoms with van der Waals surface area (Å²) in [5.74, 6) is 1.60. The summed E-state index contributed by atoms with van der Waals surface area (Å²) in [5.41, 5.74) is 7.25. The minimum absolute atomic E-state index is 0.424. The van der Waals surface area contributed by atoms with Crippen LogP contribution in [0.4, 0.5) is 0 Å². The number of hydrogen-bond donors (Lipinski definition) is 1. The smallest absolute Gasteiger partial charge is 0.108 e. The van der Waals surface area contributed by atoms with E-state index >= 15 is 0 Å². The third-order valence-corrected chi connectivity index (χ3v) is 3.54. The van der Waals surface area contributed by atoms with Gasteiger partial charge in [0.05, 0.1) is 0 Å². The van der Waals surface area contributed by atoms with Gasteiger partial charge in [-0.25, -0.2) is 4.98 Å². The molecule has 2 N–H and O–H groups in total. The van der Waals surface area contributed by atoms with Crippen molar-refractivity contribution in [2.45, 2.75) is 38.6 Å². The Hall–Kier alpha value is -1.61. The fourth-order valence-electron chi connectivity index (χ4n) is 2.46. The number of benzene rings is 1. The molecule has 2 aromatic rings. The van der Waals surface area contributed by atoms with Crippen molar-refractivity contribution < 1.29 is 0 Å². The molecule has 1 heterocycles. The van der Waals surface area contributed by atoms with Gasteiger partial charge in [-0.05, 0) is 30.9 Å². The number of imidazole rings is 1. The number of nitrogens with zero attached hydrogens (tertiary/aromatic N) is 2. The highest BCUT2D eigenvalue weighted by atomic mass is 15.1. The van der Waals surface area contributed by atoms with Crippen molar-refractivity contribution in [2.75, 3.05) is 6.54 Å². The summed E-state index contributed by atoms with van der Waals surface area (Å²) >= 11 is 0. The van der Waals surface area contributed by atoms with Crippen molar-refractivity contribution in [2.24, 2.45) is 5.73 Å². The van der Waals surface area contributed by atoms with Gasteiger partial charge in [0.25, 0.3) is 0 Å². The first-order chi connectivity index (χ1) is 9.35. The van der Waals surface area contributed by atoms with Crippen LogP contribution in [0.3, 0.4) is 0 Å². The molecule has 102 valence electrons. The molecule has 1 aromatic heterocycles. The monoisotopic (exact) mass is 257 g/mol. The molecule has 1 atom stereocenters. The van der Waals surface area contributed by atoms with Gasteiger partial charge in [-0.1, -0.05) is 37.3 Å². The summed E-state index contributed by atoms with van der Waals surface area (Å²) in [7, 11) is 0. The molecule has 0 saturated heterocycles. The number of rotatable bonds is 7. The molecular weight excluding hydrogens is 234 g/mol. The molecule has 0 aliphatic carbocycles. The lowest BCUT2D eigenvalue weighted by atomic mass is 9.94. The van der Waals surface area contributed by atoms with Crippen molar-refractivity contribution in [3.8, 4) is 0 Å². The number of aromatic nitrogens is 2. The van der Waals surface area contributed by atoms with Crippen LogP contribution in [-0.2, 0) is 13.0 Å². The Morgan fingerprint density at radius 2 is 2.05 bits per heavy atom. The van der Waals surface area contributed by atoms with E-state index in [4.69, 9.17) is 5.73 Å². The van der Waals surface area contributed by atoms with E-state index < -0.39 is 0 Å². The molecule has 0 amide bonds. The van der Waals surface area contributed by atoms with Crippen molar-refractivity contribution in [3.05, 3.63) is 54.1 Å². The number of nitrogens with two attached hydrogens (primary N) is 1. The Morgan fingerprint density at radius 1 is 1.26 bits per heavy atom. The van der Waals surface area contributed by atoms with Gasteiger partial charge in [0.2, 0.25) is 0 Å². The molecule has 0 radical (unpaired) electrons. The van der Waals surface area contributed by atoms with Crippen LogP contribution < -0.4 is 5.73 Å². The molecule has 0 bridgehead atoms. The third-order valence-electron chi connectivity index (χ3n) is 3.54. The first-order valence-electron chi connectivity index (χ1n) is 7.10. The first-order valence-corrected chi connectivity index (χ1v) is 7.10. The molecular formula is C16H23N3. The van der Waals surface area contributed by atoms with Gasteiger partial charge in [0, 0.05) is 25.4 Å². The number of aryl methyl sites for hydroxylation is 2. The maximum atomic E-state index is 5.91. The van der Waals surface area contributed by atoms with Crippen LogP contribution in [-0.4, -0.2) is 16.1 Å². The predicted molar refractivity (Wildman–Crippen MR) is 79.1 cm³/mol. The summed E-state index contributed by atoms with van der Waals surface area (Å²) in [6.07, 6.45) is 7.15. The Morgan fingerprint density at radius 3 is 2.74 bits per heavy atom. The van der Waals surface area contributed by atoms with E-state index in [1.54, 1.807) is 0 Å². The second-order valence-electron chi connectivity index (χ2n) is 4.92. The largest absolute Gasteiger partial charge is 0.335 e. The summed E-state index contributed by atoms with van der Waals surface area (Å²) in [5, 5.41) is 0. The topological polar surface area (TPSA) is 43.8 Å². The van der Waals surface area contributed by atoms with E-state index in [2.05, 4.69) is 46.9 Å². The van der Waals surface area contributed by atoms with Gasteiger partial charge >= 0.3 is 0 Å². The molecule has 1 unspecified atom stereocenters. The van der Waals surface area contributed by atoms with Gasteiger partial charge in [0.15, 0.2) is 0 Å². The van der Waals surface area contributed by atoms with Gasteiger partial charge < -0.3 is 10.3 Å².